The molecule has 222 valence electrons. The second kappa shape index (κ2) is 12.5. The Morgan fingerprint density at radius 3 is 2.62 bits per heavy atom. The molecule has 0 fully saturated rings. The number of hydrogen-bond acceptors (Lipinski definition) is 8. The number of ether oxygens (including phenoxy) is 1. The van der Waals surface area contributed by atoms with Crippen molar-refractivity contribution in [1.29, 1.82) is 0 Å². The summed E-state index contributed by atoms with van der Waals surface area (Å²) in [6.45, 7) is 13.0. The molecule has 5 rings (SSSR count). The van der Waals surface area contributed by atoms with Crippen LogP contribution in [0.1, 0.15) is 64.8 Å². The molecule has 2 amide bonds. The molecule has 10 heteroatoms. The van der Waals surface area contributed by atoms with E-state index in [0.717, 1.165) is 53.8 Å². The number of benzene rings is 1. The lowest BCUT2D eigenvalue weighted by molar-refractivity contribution is -0.116. The van der Waals surface area contributed by atoms with Crippen LogP contribution in [0.3, 0.4) is 0 Å². The van der Waals surface area contributed by atoms with E-state index in [2.05, 4.69) is 47.7 Å². The summed E-state index contributed by atoms with van der Waals surface area (Å²) < 4.78 is 6.79. The largest absolute Gasteiger partial charge is 0.444 e. The molecule has 0 bridgehead atoms. The van der Waals surface area contributed by atoms with E-state index >= 15 is 0 Å². The summed E-state index contributed by atoms with van der Waals surface area (Å²) in [7, 11) is 0. The fourth-order valence-corrected chi connectivity index (χ4v) is 7.31. The van der Waals surface area contributed by atoms with Crippen molar-refractivity contribution in [3.63, 3.8) is 0 Å². The number of carbonyl (C=O) groups is 2. The number of anilines is 1. The molecule has 0 aliphatic carbocycles. The highest BCUT2D eigenvalue weighted by Crippen LogP contribution is 2.47. The SMILES string of the molecule is CC[C@H](C)NCCC(=O)Nc1sc2c(c1-c1nc3cc(-c4ccncc4)ccc3s1)C[C@@H](C)N(C(=O)OC(C)(C)C)C2. The van der Waals surface area contributed by atoms with Crippen LogP contribution in [0, 0.1) is 0 Å². The van der Waals surface area contributed by atoms with Crippen molar-refractivity contribution in [2.75, 3.05) is 11.9 Å². The molecule has 2 atom stereocenters. The predicted octanol–water partition coefficient (Wildman–Crippen LogP) is 7.49. The summed E-state index contributed by atoms with van der Waals surface area (Å²) in [4.78, 5) is 38.2. The summed E-state index contributed by atoms with van der Waals surface area (Å²) in [5.74, 6) is -0.0382. The Bertz CT molecular complexity index is 1570. The number of aromatic nitrogens is 2. The third-order valence-electron chi connectivity index (χ3n) is 7.39. The normalized spacial score (nSPS) is 15.9. The first-order valence-corrected chi connectivity index (χ1v) is 16.1. The number of rotatable bonds is 8. The van der Waals surface area contributed by atoms with Crippen LogP contribution >= 0.6 is 22.7 Å². The number of fused-ring (bicyclic) bond motifs is 2. The summed E-state index contributed by atoms with van der Waals surface area (Å²) in [5, 5.41) is 8.26. The van der Waals surface area contributed by atoms with Gasteiger partial charge in [0.2, 0.25) is 5.91 Å². The van der Waals surface area contributed by atoms with E-state index in [1.165, 1.54) is 11.3 Å². The molecular weight excluding hydrogens is 567 g/mol. The highest BCUT2D eigenvalue weighted by Gasteiger charge is 2.35. The number of hydrogen-bond donors (Lipinski definition) is 2. The van der Waals surface area contributed by atoms with Gasteiger partial charge in [-0.1, -0.05) is 13.0 Å². The average Bonchev–Trinajstić information content (AvgIpc) is 3.51. The van der Waals surface area contributed by atoms with Crippen LogP contribution in [0.25, 0.3) is 31.9 Å². The van der Waals surface area contributed by atoms with Crippen LogP contribution in [-0.2, 0) is 22.5 Å². The van der Waals surface area contributed by atoms with E-state index in [0.29, 0.717) is 32.0 Å². The number of nitrogens with zero attached hydrogens (tertiary/aromatic N) is 3. The molecule has 8 nitrogen and oxygen atoms in total. The zero-order valence-electron chi connectivity index (χ0n) is 25.1. The molecular formula is C32H39N5O3S2. The van der Waals surface area contributed by atoms with Gasteiger partial charge in [-0.2, -0.15) is 0 Å². The van der Waals surface area contributed by atoms with Crippen LogP contribution < -0.4 is 10.6 Å². The Hall–Kier alpha value is -3.34. The van der Waals surface area contributed by atoms with Gasteiger partial charge in [0.05, 0.1) is 16.8 Å². The first-order valence-electron chi connectivity index (χ1n) is 14.5. The summed E-state index contributed by atoms with van der Waals surface area (Å²) in [6, 6.07) is 10.6. The molecule has 0 spiro atoms. The van der Waals surface area contributed by atoms with Gasteiger partial charge in [-0.05, 0) is 88.4 Å². The van der Waals surface area contributed by atoms with Gasteiger partial charge in [0, 0.05) is 47.9 Å². The molecule has 1 aliphatic heterocycles. The van der Waals surface area contributed by atoms with E-state index < -0.39 is 5.60 Å². The predicted molar refractivity (Wildman–Crippen MR) is 172 cm³/mol. The number of nitrogens with one attached hydrogen (secondary N) is 2. The van der Waals surface area contributed by atoms with Crippen molar-refractivity contribution in [2.45, 2.75) is 85.0 Å². The summed E-state index contributed by atoms with van der Waals surface area (Å²) in [5.41, 5.74) is 4.63. The van der Waals surface area contributed by atoms with E-state index in [1.54, 1.807) is 28.6 Å². The first kappa shape index (κ1) is 30.1. The molecule has 3 aromatic heterocycles. The quantitative estimate of drug-likeness (QED) is 0.216. The van der Waals surface area contributed by atoms with E-state index in [4.69, 9.17) is 9.72 Å². The fraction of sp³-hybridized carbons (Fsp3) is 0.438. The monoisotopic (exact) mass is 605 g/mol. The Labute approximate surface area is 255 Å². The average molecular weight is 606 g/mol. The maximum atomic E-state index is 13.1. The molecule has 1 aliphatic rings. The lowest BCUT2D eigenvalue weighted by Gasteiger charge is -2.35. The number of thiophene rings is 1. The lowest BCUT2D eigenvalue weighted by atomic mass is 9.97. The molecule has 2 N–H and O–H groups in total. The second-order valence-corrected chi connectivity index (χ2v) is 14.0. The Kier molecular flexibility index (Phi) is 8.96. The van der Waals surface area contributed by atoms with Crippen molar-refractivity contribution >= 4 is 49.9 Å². The van der Waals surface area contributed by atoms with Crippen LogP contribution in [0.5, 0.6) is 0 Å². The fourth-order valence-electron chi connectivity index (χ4n) is 4.98. The lowest BCUT2D eigenvalue weighted by Crippen LogP contribution is -2.44. The van der Waals surface area contributed by atoms with Crippen LogP contribution in [0.2, 0.25) is 0 Å². The molecule has 4 aromatic rings. The zero-order chi connectivity index (χ0) is 30.0. The van der Waals surface area contributed by atoms with Crippen molar-refractivity contribution in [1.82, 2.24) is 20.2 Å². The minimum atomic E-state index is -0.573. The minimum absolute atomic E-state index is 0.0382. The molecule has 0 saturated carbocycles. The van der Waals surface area contributed by atoms with Gasteiger partial charge in [0.1, 0.15) is 15.6 Å². The highest BCUT2D eigenvalue weighted by atomic mass is 32.1. The number of amides is 2. The van der Waals surface area contributed by atoms with Crippen molar-refractivity contribution in [2.24, 2.45) is 0 Å². The summed E-state index contributed by atoms with van der Waals surface area (Å²) in [6.07, 6.45) is 5.31. The van der Waals surface area contributed by atoms with Gasteiger partial charge < -0.3 is 20.3 Å². The van der Waals surface area contributed by atoms with Crippen molar-refractivity contribution in [3.05, 3.63) is 53.2 Å². The standard InChI is InChI=1S/C32H39N5O3S2/c1-7-19(2)34-15-12-27(38)36-30-28(23-16-20(3)37(18-26(23)42-30)31(39)40-32(4,5)6)29-35-24-17-22(8-9-25(24)41-29)21-10-13-33-14-11-21/h8-11,13-14,17,19-20,34H,7,12,15-16,18H2,1-6H3,(H,36,38)/t19-,20+/m0/s1. The molecule has 1 aromatic carbocycles. The minimum Gasteiger partial charge on any atom is -0.444 e. The molecule has 0 radical (unpaired) electrons. The topological polar surface area (TPSA) is 96.5 Å². The Balaban J connectivity index is 1.49. The van der Waals surface area contributed by atoms with Gasteiger partial charge in [0.15, 0.2) is 0 Å². The van der Waals surface area contributed by atoms with Gasteiger partial charge in [-0.15, -0.1) is 22.7 Å². The van der Waals surface area contributed by atoms with Gasteiger partial charge >= 0.3 is 6.09 Å². The highest BCUT2D eigenvalue weighted by molar-refractivity contribution is 7.23. The van der Waals surface area contributed by atoms with Gasteiger partial charge in [-0.3, -0.25) is 9.78 Å². The van der Waals surface area contributed by atoms with Gasteiger partial charge in [-0.25, -0.2) is 9.78 Å². The third-order valence-corrected chi connectivity index (χ3v) is 9.58. The van der Waals surface area contributed by atoms with Crippen LogP contribution in [-0.4, -0.2) is 51.1 Å². The van der Waals surface area contributed by atoms with Crippen LogP contribution in [0.4, 0.5) is 9.80 Å². The number of pyridine rings is 1. The number of thiazole rings is 1. The maximum Gasteiger partial charge on any atom is 0.410 e. The maximum absolute atomic E-state index is 13.1. The molecule has 0 unspecified atom stereocenters. The molecule has 4 heterocycles. The Morgan fingerprint density at radius 1 is 1.14 bits per heavy atom. The van der Waals surface area contributed by atoms with Gasteiger partial charge in [0.25, 0.3) is 0 Å². The number of carbonyl (C=O) groups excluding carboxylic acids is 2. The van der Waals surface area contributed by atoms with E-state index in [9.17, 15) is 9.59 Å². The van der Waals surface area contributed by atoms with E-state index in [1.807, 2.05) is 39.8 Å². The third kappa shape index (κ3) is 6.82. The molecule has 42 heavy (non-hydrogen) atoms. The Morgan fingerprint density at radius 2 is 1.90 bits per heavy atom. The summed E-state index contributed by atoms with van der Waals surface area (Å²) >= 11 is 3.17. The van der Waals surface area contributed by atoms with Crippen molar-refractivity contribution < 1.29 is 14.3 Å². The molecule has 0 saturated heterocycles. The smallest absolute Gasteiger partial charge is 0.410 e. The first-order chi connectivity index (χ1) is 20.0. The van der Waals surface area contributed by atoms with Crippen molar-refractivity contribution in [3.8, 4) is 21.7 Å². The zero-order valence-corrected chi connectivity index (χ0v) is 26.7. The second-order valence-electron chi connectivity index (χ2n) is 11.9. The van der Waals surface area contributed by atoms with E-state index in [-0.39, 0.29) is 18.0 Å². The van der Waals surface area contributed by atoms with Crippen LogP contribution in [0.15, 0.2) is 42.7 Å².